The van der Waals surface area contributed by atoms with Crippen LogP contribution in [0, 0.1) is 0 Å². The zero-order valence-electron chi connectivity index (χ0n) is 24.9. The van der Waals surface area contributed by atoms with Crippen LogP contribution in [-0.4, -0.2) is 4.57 Å². The van der Waals surface area contributed by atoms with Gasteiger partial charge in [0.05, 0.1) is 11.0 Å². The van der Waals surface area contributed by atoms with Crippen LogP contribution in [0.15, 0.2) is 174 Å². The quantitative estimate of drug-likeness (QED) is 0.195. The summed E-state index contributed by atoms with van der Waals surface area (Å²) in [6, 6.07) is 60.1. The van der Waals surface area contributed by atoms with E-state index in [0.717, 1.165) is 0 Å². The number of rotatable bonds is 3. The highest BCUT2D eigenvalue weighted by atomic mass is 32.2. The van der Waals surface area contributed by atoms with Gasteiger partial charge in [-0.2, -0.15) is 0 Å². The van der Waals surface area contributed by atoms with Crippen molar-refractivity contribution in [1.29, 1.82) is 0 Å². The van der Waals surface area contributed by atoms with Crippen molar-refractivity contribution in [2.75, 3.05) is 0 Å². The normalized spacial score (nSPS) is 12.3. The van der Waals surface area contributed by atoms with Gasteiger partial charge in [-0.15, -0.1) is 0 Å². The minimum Gasteiger partial charge on any atom is -0.309 e. The molecule has 0 aliphatic carbocycles. The highest BCUT2D eigenvalue weighted by Gasteiger charge is 2.21. The first kappa shape index (κ1) is 25.7. The van der Waals surface area contributed by atoms with Gasteiger partial charge in [0.15, 0.2) is 0 Å². The summed E-state index contributed by atoms with van der Waals surface area (Å²) >= 11 is 1.88. The van der Waals surface area contributed by atoms with Crippen LogP contribution in [0.1, 0.15) is 0 Å². The van der Waals surface area contributed by atoms with E-state index in [0.29, 0.717) is 0 Å². The predicted octanol–water partition coefficient (Wildman–Crippen LogP) is 12.6. The first-order chi connectivity index (χ1) is 22.8. The fourth-order valence-electron chi connectivity index (χ4n) is 7.57. The van der Waals surface area contributed by atoms with E-state index in [4.69, 9.17) is 0 Å². The highest BCUT2D eigenvalue weighted by Crippen LogP contribution is 2.50. The Hall–Kier alpha value is -5.57. The predicted molar refractivity (Wildman–Crippen MR) is 196 cm³/mol. The van der Waals surface area contributed by atoms with Crippen molar-refractivity contribution < 1.29 is 0 Å². The van der Waals surface area contributed by atoms with Crippen molar-refractivity contribution in [3.05, 3.63) is 164 Å². The van der Waals surface area contributed by atoms with E-state index in [2.05, 4.69) is 168 Å². The molecule has 0 bridgehead atoms. The molecule has 2 heterocycles. The molecular formula is C44H27NS. The molecule has 0 N–H and O–H groups in total. The van der Waals surface area contributed by atoms with Crippen LogP contribution >= 0.6 is 11.8 Å². The molecule has 9 aromatic rings. The molecule has 46 heavy (non-hydrogen) atoms. The summed E-state index contributed by atoms with van der Waals surface area (Å²) in [5, 5.41) is 7.75. The van der Waals surface area contributed by atoms with Crippen LogP contribution in [0.25, 0.3) is 82.4 Å². The van der Waals surface area contributed by atoms with E-state index in [1.165, 1.54) is 92.2 Å². The molecule has 214 valence electrons. The summed E-state index contributed by atoms with van der Waals surface area (Å²) in [7, 11) is 0. The van der Waals surface area contributed by atoms with Gasteiger partial charge in [0, 0.05) is 37.0 Å². The van der Waals surface area contributed by atoms with Crippen LogP contribution in [-0.2, 0) is 0 Å². The summed E-state index contributed by atoms with van der Waals surface area (Å²) in [5.74, 6) is 0. The van der Waals surface area contributed by atoms with Crippen LogP contribution in [0.3, 0.4) is 0 Å². The van der Waals surface area contributed by atoms with Gasteiger partial charge in [0.25, 0.3) is 0 Å². The van der Waals surface area contributed by atoms with Crippen molar-refractivity contribution in [2.24, 2.45) is 0 Å². The number of hydrogen-bond donors (Lipinski definition) is 0. The summed E-state index contributed by atoms with van der Waals surface area (Å²) in [4.78, 5) is 2.66. The Morgan fingerprint density at radius 1 is 0.370 bits per heavy atom. The summed E-state index contributed by atoms with van der Waals surface area (Å²) in [6.07, 6.45) is 0. The first-order valence-corrected chi connectivity index (χ1v) is 16.6. The lowest BCUT2D eigenvalue weighted by atomic mass is 9.91. The van der Waals surface area contributed by atoms with Gasteiger partial charge in [-0.1, -0.05) is 139 Å². The molecule has 1 aliphatic heterocycles. The lowest BCUT2D eigenvalue weighted by molar-refractivity contribution is 1.19. The van der Waals surface area contributed by atoms with Crippen molar-refractivity contribution in [3.63, 3.8) is 0 Å². The lowest BCUT2D eigenvalue weighted by Crippen LogP contribution is -1.94. The topological polar surface area (TPSA) is 4.93 Å². The molecule has 2 heteroatoms. The Morgan fingerprint density at radius 3 is 1.87 bits per heavy atom. The SMILES string of the molecule is c1ccc(-n2c3ccccc3c3cc(-c4ccc(-c5ccc6c7c(cccc57)-c5ccccc5S6)cc4)c4ccccc4c32)cc1. The molecular weight excluding hydrogens is 575 g/mol. The van der Waals surface area contributed by atoms with E-state index in [-0.39, 0.29) is 0 Å². The smallest absolute Gasteiger partial charge is 0.0619 e. The second kappa shape index (κ2) is 9.97. The minimum atomic E-state index is 1.18. The number of benzene rings is 8. The molecule has 0 atom stereocenters. The standard InChI is InChI=1S/C44H27NS/c1-2-11-30(12-3-1)45-40-19-8-6-14-33(40)39-27-38(32-13-4-5-16-37(32)44(39)45)29-23-21-28(22-24-29)31-25-26-42-43-35(31)17-10-18-36(43)34-15-7-9-20-41(34)46-42/h1-27H. The number of hydrogen-bond acceptors (Lipinski definition) is 1. The molecule has 0 saturated carbocycles. The van der Waals surface area contributed by atoms with Gasteiger partial charge < -0.3 is 4.57 Å². The zero-order valence-corrected chi connectivity index (χ0v) is 25.8. The monoisotopic (exact) mass is 601 g/mol. The fraction of sp³-hybridized carbons (Fsp3) is 0. The van der Waals surface area contributed by atoms with Gasteiger partial charge in [-0.25, -0.2) is 0 Å². The third-order valence-corrected chi connectivity index (χ3v) is 10.7. The second-order valence-electron chi connectivity index (χ2n) is 12.1. The average molecular weight is 602 g/mol. The van der Waals surface area contributed by atoms with Gasteiger partial charge in [0.1, 0.15) is 0 Å². The number of nitrogens with zero attached hydrogens (tertiary/aromatic N) is 1. The van der Waals surface area contributed by atoms with Crippen molar-refractivity contribution in [2.45, 2.75) is 9.79 Å². The summed E-state index contributed by atoms with van der Waals surface area (Å²) in [5.41, 5.74) is 11.3. The maximum Gasteiger partial charge on any atom is 0.0619 e. The van der Waals surface area contributed by atoms with Crippen molar-refractivity contribution in [3.8, 4) is 39.1 Å². The van der Waals surface area contributed by atoms with Crippen molar-refractivity contribution in [1.82, 2.24) is 4.57 Å². The summed E-state index contributed by atoms with van der Waals surface area (Å²) in [6.45, 7) is 0. The van der Waals surface area contributed by atoms with Gasteiger partial charge in [0.2, 0.25) is 0 Å². The lowest BCUT2D eigenvalue weighted by Gasteiger charge is -2.21. The Morgan fingerprint density at radius 2 is 1.02 bits per heavy atom. The molecule has 0 radical (unpaired) electrons. The molecule has 1 aliphatic rings. The van der Waals surface area contributed by atoms with E-state index in [1.807, 2.05) is 11.8 Å². The molecule has 0 amide bonds. The van der Waals surface area contributed by atoms with E-state index in [1.54, 1.807) is 0 Å². The third-order valence-electron chi connectivity index (χ3n) is 9.60. The van der Waals surface area contributed by atoms with Crippen LogP contribution in [0.5, 0.6) is 0 Å². The van der Waals surface area contributed by atoms with Crippen LogP contribution in [0.4, 0.5) is 0 Å². The minimum absolute atomic E-state index is 1.18. The molecule has 10 rings (SSSR count). The molecule has 0 saturated heterocycles. The molecule has 1 aromatic heterocycles. The maximum atomic E-state index is 2.43. The zero-order chi connectivity index (χ0) is 30.2. The second-order valence-corrected chi connectivity index (χ2v) is 13.2. The molecule has 8 aromatic carbocycles. The maximum absolute atomic E-state index is 2.43. The van der Waals surface area contributed by atoms with Crippen molar-refractivity contribution >= 4 is 55.1 Å². The molecule has 0 unspecified atom stereocenters. The van der Waals surface area contributed by atoms with E-state index in [9.17, 15) is 0 Å². The van der Waals surface area contributed by atoms with Gasteiger partial charge in [-0.3, -0.25) is 0 Å². The van der Waals surface area contributed by atoms with Gasteiger partial charge in [-0.05, 0) is 80.6 Å². The van der Waals surface area contributed by atoms with Gasteiger partial charge >= 0.3 is 0 Å². The Balaban J connectivity index is 1.16. The average Bonchev–Trinajstić information content (AvgIpc) is 3.47. The van der Waals surface area contributed by atoms with Crippen LogP contribution < -0.4 is 0 Å². The first-order valence-electron chi connectivity index (χ1n) is 15.8. The Bertz CT molecular complexity index is 2650. The summed E-state index contributed by atoms with van der Waals surface area (Å²) < 4.78 is 2.43. The number of aromatic nitrogens is 1. The Kier molecular flexibility index (Phi) is 5.58. The van der Waals surface area contributed by atoms with Crippen LogP contribution in [0.2, 0.25) is 0 Å². The Labute approximate surface area is 271 Å². The highest BCUT2D eigenvalue weighted by molar-refractivity contribution is 7.99. The number of para-hydroxylation sites is 2. The molecule has 1 nitrogen and oxygen atoms in total. The third kappa shape index (κ3) is 3.71. The largest absolute Gasteiger partial charge is 0.309 e. The van der Waals surface area contributed by atoms with E-state index < -0.39 is 0 Å². The fourth-order valence-corrected chi connectivity index (χ4v) is 8.70. The molecule has 0 fully saturated rings. The number of fused-ring (bicyclic) bond motifs is 7. The molecule has 0 spiro atoms. The van der Waals surface area contributed by atoms with E-state index >= 15 is 0 Å².